The van der Waals surface area contributed by atoms with E-state index in [2.05, 4.69) is 10.6 Å². The topological polar surface area (TPSA) is 41.1 Å². The van der Waals surface area contributed by atoms with Crippen LogP contribution in [0.5, 0.6) is 0 Å². The minimum atomic E-state index is -2.82. The van der Waals surface area contributed by atoms with Crippen LogP contribution in [0.1, 0.15) is 17.5 Å². The van der Waals surface area contributed by atoms with Gasteiger partial charge in [-0.25, -0.2) is 13.2 Å². The van der Waals surface area contributed by atoms with E-state index in [1.54, 1.807) is 19.1 Å². The number of hydrogen-bond donors (Lipinski definition) is 2. The molecular formula is C13H16ClF3N2O. The summed E-state index contributed by atoms with van der Waals surface area (Å²) in [6.07, 6.45) is -0.485. The van der Waals surface area contributed by atoms with E-state index < -0.39 is 30.8 Å². The van der Waals surface area contributed by atoms with Gasteiger partial charge in [0.05, 0.1) is 12.6 Å². The van der Waals surface area contributed by atoms with Crippen molar-refractivity contribution in [2.45, 2.75) is 31.9 Å². The average Bonchev–Trinajstić information content (AvgIpc) is 2.71. The fraction of sp³-hybridized carbons (Fsp3) is 0.462. The van der Waals surface area contributed by atoms with E-state index in [1.165, 1.54) is 6.07 Å². The zero-order valence-corrected chi connectivity index (χ0v) is 11.7. The van der Waals surface area contributed by atoms with Crippen LogP contribution in [-0.2, 0) is 11.3 Å². The van der Waals surface area contributed by atoms with Crippen molar-refractivity contribution >= 4 is 18.3 Å². The van der Waals surface area contributed by atoms with E-state index in [0.29, 0.717) is 5.56 Å². The number of nitrogens with one attached hydrogen (secondary N) is 2. The Morgan fingerprint density at radius 2 is 2.20 bits per heavy atom. The molecule has 3 nitrogen and oxygen atoms in total. The van der Waals surface area contributed by atoms with Gasteiger partial charge in [-0.1, -0.05) is 12.1 Å². The Hall–Kier alpha value is -1.27. The summed E-state index contributed by atoms with van der Waals surface area (Å²) in [5, 5.41) is 5.05. The molecule has 1 aliphatic rings. The number of amides is 1. The van der Waals surface area contributed by atoms with E-state index in [1.807, 2.05) is 0 Å². The molecule has 0 bridgehead atoms. The molecule has 112 valence electrons. The highest BCUT2D eigenvalue weighted by Gasteiger charge is 2.42. The van der Waals surface area contributed by atoms with Gasteiger partial charge in [-0.15, -0.1) is 12.4 Å². The Balaban J connectivity index is 0.00000200. The van der Waals surface area contributed by atoms with Gasteiger partial charge in [0.2, 0.25) is 5.91 Å². The van der Waals surface area contributed by atoms with Crippen LogP contribution in [0.15, 0.2) is 18.2 Å². The van der Waals surface area contributed by atoms with Gasteiger partial charge in [-0.2, -0.15) is 0 Å². The highest BCUT2D eigenvalue weighted by atomic mass is 35.5. The van der Waals surface area contributed by atoms with Gasteiger partial charge in [-0.05, 0) is 24.1 Å². The van der Waals surface area contributed by atoms with Crippen molar-refractivity contribution in [2.24, 2.45) is 0 Å². The maximum absolute atomic E-state index is 13.0. The first-order valence-electron chi connectivity index (χ1n) is 6.01. The Morgan fingerprint density at radius 3 is 2.75 bits per heavy atom. The van der Waals surface area contributed by atoms with Crippen molar-refractivity contribution in [3.8, 4) is 0 Å². The zero-order chi connectivity index (χ0) is 14.0. The van der Waals surface area contributed by atoms with Crippen LogP contribution in [-0.4, -0.2) is 24.4 Å². The molecule has 0 spiro atoms. The van der Waals surface area contributed by atoms with Gasteiger partial charge in [0.25, 0.3) is 5.92 Å². The summed E-state index contributed by atoms with van der Waals surface area (Å²) in [6, 6.07) is 3.63. The molecule has 1 unspecified atom stereocenters. The molecule has 20 heavy (non-hydrogen) atoms. The maximum Gasteiger partial charge on any atom is 0.262 e. The van der Waals surface area contributed by atoms with Gasteiger partial charge in [0.15, 0.2) is 0 Å². The zero-order valence-electron chi connectivity index (χ0n) is 10.9. The van der Waals surface area contributed by atoms with Crippen LogP contribution in [0.25, 0.3) is 0 Å². The third-order valence-corrected chi connectivity index (χ3v) is 3.12. The standard InChI is InChI=1S/C13H15F3N2O.ClH/c1-8-4-9(2-3-10(8)14)6-17-12(19)11-5-13(15,16)7-18-11;/h2-4,11,18H,5-7H2,1H3,(H,17,19);1H. The lowest BCUT2D eigenvalue weighted by Gasteiger charge is -2.11. The van der Waals surface area contributed by atoms with E-state index >= 15 is 0 Å². The van der Waals surface area contributed by atoms with Crippen LogP contribution in [0.4, 0.5) is 13.2 Å². The largest absolute Gasteiger partial charge is 0.351 e. The second-order valence-electron chi connectivity index (χ2n) is 4.79. The molecule has 0 saturated carbocycles. The van der Waals surface area contributed by atoms with Crippen LogP contribution in [0.3, 0.4) is 0 Å². The van der Waals surface area contributed by atoms with E-state index in [0.717, 1.165) is 5.56 Å². The summed E-state index contributed by atoms with van der Waals surface area (Å²) < 4.78 is 38.9. The van der Waals surface area contributed by atoms with E-state index in [4.69, 9.17) is 0 Å². The third kappa shape index (κ3) is 4.11. The normalized spacial score (nSPS) is 20.3. The summed E-state index contributed by atoms with van der Waals surface area (Å²) in [7, 11) is 0. The minimum Gasteiger partial charge on any atom is -0.351 e. The first kappa shape index (κ1) is 16.8. The number of rotatable bonds is 3. The fourth-order valence-electron chi connectivity index (χ4n) is 2.03. The average molecular weight is 309 g/mol. The molecule has 2 rings (SSSR count). The fourth-order valence-corrected chi connectivity index (χ4v) is 2.03. The lowest BCUT2D eigenvalue weighted by atomic mass is 10.1. The molecule has 0 aliphatic carbocycles. The van der Waals surface area contributed by atoms with Gasteiger partial charge >= 0.3 is 0 Å². The SMILES string of the molecule is Cc1cc(CNC(=O)C2CC(F)(F)CN2)ccc1F.Cl. The Kier molecular flexibility index (Phi) is 5.42. The van der Waals surface area contributed by atoms with Crippen LogP contribution < -0.4 is 10.6 Å². The molecular weight excluding hydrogens is 293 g/mol. The number of halogens is 4. The summed E-state index contributed by atoms with van der Waals surface area (Å²) in [5.41, 5.74) is 1.22. The van der Waals surface area contributed by atoms with Crippen molar-refractivity contribution in [1.82, 2.24) is 10.6 Å². The smallest absolute Gasteiger partial charge is 0.262 e. The van der Waals surface area contributed by atoms with Gasteiger partial charge in [0.1, 0.15) is 5.82 Å². The van der Waals surface area contributed by atoms with Crippen molar-refractivity contribution in [3.63, 3.8) is 0 Å². The molecule has 1 saturated heterocycles. The molecule has 1 aliphatic heterocycles. The number of benzene rings is 1. The van der Waals surface area contributed by atoms with Crippen molar-refractivity contribution in [2.75, 3.05) is 6.54 Å². The molecule has 0 aromatic heterocycles. The predicted octanol–water partition coefficient (Wildman–Crippen LogP) is 2.17. The van der Waals surface area contributed by atoms with Crippen molar-refractivity contribution in [1.29, 1.82) is 0 Å². The molecule has 7 heteroatoms. The summed E-state index contributed by atoms with van der Waals surface area (Å²) in [5.74, 6) is -3.60. The number of hydrogen-bond acceptors (Lipinski definition) is 2. The van der Waals surface area contributed by atoms with Gasteiger partial charge in [-0.3, -0.25) is 10.1 Å². The second kappa shape index (κ2) is 6.45. The first-order valence-corrected chi connectivity index (χ1v) is 6.01. The highest BCUT2D eigenvalue weighted by Crippen LogP contribution is 2.25. The quantitative estimate of drug-likeness (QED) is 0.898. The van der Waals surface area contributed by atoms with E-state index in [-0.39, 0.29) is 24.8 Å². The molecule has 1 atom stereocenters. The number of carbonyl (C=O) groups is 1. The van der Waals surface area contributed by atoms with Crippen molar-refractivity contribution in [3.05, 3.63) is 35.1 Å². The molecule has 0 radical (unpaired) electrons. The highest BCUT2D eigenvalue weighted by molar-refractivity contribution is 5.85. The summed E-state index contributed by atoms with van der Waals surface area (Å²) >= 11 is 0. The monoisotopic (exact) mass is 308 g/mol. The minimum absolute atomic E-state index is 0. The summed E-state index contributed by atoms with van der Waals surface area (Å²) in [6.45, 7) is 1.35. The lowest BCUT2D eigenvalue weighted by molar-refractivity contribution is -0.123. The molecule has 2 N–H and O–H groups in total. The van der Waals surface area contributed by atoms with Crippen molar-refractivity contribution < 1.29 is 18.0 Å². The molecule has 1 fully saturated rings. The van der Waals surface area contributed by atoms with Crippen LogP contribution in [0, 0.1) is 12.7 Å². The number of aryl methyl sites for hydroxylation is 1. The Labute approximate surface area is 121 Å². The molecule has 1 aromatic rings. The molecule has 1 heterocycles. The maximum atomic E-state index is 13.0. The van der Waals surface area contributed by atoms with Gasteiger partial charge < -0.3 is 5.32 Å². The van der Waals surface area contributed by atoms with Gasteiger partial charge in [0, 0.05) is 13.0 Å². The molecule has 1 aromatic carbocycles. The van der Waals surface area contributed by atoms with E-state index in [9.17, 15) is 18.0 Å². The summed E-state index contributed by atoms with van der Waals surface area (Å²) in [4.78, 5) is 11.7. The van der Waals surface area contributed by atoms with Crippen LogP contribution in [0.2, 0.25) is 0 Å². The predicted molar refractivity (Wildman–Crippen MR) is 71.6 cm³/mol. The lowest BCUT2D eigenvalue weighted by Crippen LogP contribution is -2.40. The Morgan fingerprint density at radius 1 is 1.50 bits per heavy atom. The Bertz CT molecular complexity index is 497. The third-order valence-electron chi connectivity index (χ3n) is 3.12. The second-order valence-corrected chi connectivity index (χ2v) is 4.79. The van der Waals surface area contributed by atoms with Crippen LogP contribution >= 0.6 is 12.4 Å². The first-order chi connectivity index (χ1) is 8.87. The number of alkyl halides is 2. The number of carbonyl (C=O) groups excluding carboxylic acids is 1. The molecule has 1 amide bonds.